The smallest absolute Gasteiger partial charge is 0.324 e. The Morgan fingerprint density at radius 1 is 0.789 bits per heavy atom. The zero-order valence-electron chi connectivity index (χ0n) is 38.6. The third-order valence-corrected chi connectivity index (χ3v) is 14.5. The van der Waals surface area contributed by atoms with Crippen LogP contribution in [-0.4, -0.2) is 105 Å². The summed E-state index contributed by atoms with van der Waals surface area (Å²) in [5, 5.41) is 21.6. The van der Waals surface area contributed by atoms with Crippen molar-refractivity contribution < 1.29 is 38.4 Å². The number of piperazine rings is 1. The molecule has 0 unspecified atom stereocenters. The van der Waals surface area contributed by atoms with Crippen molar-refractivity contribution in [1.29, 1.82) is 0 Å². The Morgan fingerprint density at radius 3 is 2.37 bits per heavy atom. The summed E-state index contributed by atoms with van der Waals surface area (Å²) in [5.74, 6) is 5.88. The number of aliphatic hydroxyl groups is 1. The summed E-state index contributed by atoms with van der Waals surface area (Å²) >= 11 is 0. The average Bonchev–Trinajstić information content (AvgIpc) is 4.20. The van der Waals surface area contributed by atoms with Crippen LogP contribution in [0.2, 0.25) is 0 Å². The van der Waals surface area contributed by atoms with Crippen molar-refractivity contribution in [2.45, 2.75) is 42.7 Å². The average molecular weight is 948 g/mol. The Kier molecular flexibility index (Phi) is 11.4. The lowest BCUT2D eigenvalue weighted by molar-refractivity contribution is -0.179. The summed E-state index contributed by atoms with van der Waals surface area (Å²) in [6, 6.07) is 43.3. The van der Waals surface area contributed by atoms with Gasteiger partial charge in [-0.15, -0.1) is 5.10 Å². The van der Waals surface area contributed by atoms with Crippen molar-refractivity contribution in [2.24, 2.45) is 5.92 Å². The number of rotatable bonds is 10. The minimum atomic E-state index is -1.71. The van der Waals surface area contributed by atoms with Crippen LogP contribution in [0.5, 0.6) is 17.2 Å². The van der Waals surface area contributed by atoms with Crippen LogP contribution in [0.25, 0.3) is 11.0 Å². The SMILES string of the molecule is O=C1O[C@H](c2ccccc2)[C@H](c2ccccc2)N2[C@H]1[C@@H](C(=O)N1CCN(Cc3ccc4c(c3)OCO4)CC1)[C@]1(C(=O)Nc3ccc(C#CCn4nnc5ccccc54)cc31)[C@H]2c1cccc(OCCO)c1. The molecule has 5 aliphatic heterocycles. The number of cyclic esters (lactones) is 1. The number of aromatic nitrogens is 3. The third-order valence-electron chi connectivity index (χ3n) is 14.5. The lowest BCUT2D eigenvalue weighted by Gasteiger charge is -2.46. The molecule has 1 aromatic heterocycles. The van der Waals surface area contributed by atoms with Crippen LogP contribution in [0.3, 0.4) is 0 Å². The van der Waals surface area contributed by atoms with Crippen LogP contribution in [0.1, 0.15) is 51.6 Å². The first kappa shape index (κ1) is 44.2. The van der Waals surface area contributed by atoms with Gasteiger partial charge in [0.25, 0.3) is 0 Å². The van der Waals surface area contributed by atoms with E-state index in [0.717, 1.165) is 33.5 Å². The molecule has 6 atom stereocenters. The van der Waals surface area contributed by atoms with Gasteiger partial charge in [0.2, 0.25) is 18.6 Å². The molecule has 71 heavy (non-hydrogen) atoms. The normalized spacial score (nSPS) is 23.5. The van der Waals surface area contributed by atoms with Crippen molar-refractivity contribution in [1.82, 2.24) is 29.7 Å². The summed E-state index contributed by atoms with van der Waals surface area (Å²) in [6.45, 7) is 2.74. The van der Waals surface area contributed by atoms with Crippen LogP contribution < -0.4 is 19.5 Å². The monoisotopic (exact) mass is 947 g/mol. The number of benzene rings is 6. The molecular weight excluding hydrogens is 899 g/mol. The number of anilines is 1. The first-order chi connectivity index (χ1) is 34.9. The predicted octanol–water partition coefficient (Wildman–Crippen LogP) is 6.20. The van der Waals surface area contributed by atoms with E-state index >= 15 is 14.4 Å². The molecule has 0 radical (unpaired) electrons. The number of carbonyl (C=O) groups excluding carboxylic acids is 3. The number of aliphatic hydroxyl groups excluding tert-OH is 1. The minimum absolute atomic E-state index is 0.0398. The Labute approximate surface area is 409 Å². The second-order valence-electron chi connectivity index (χ2n) is 18.5. The van der Waals surface area contributed by atoms with E-state index in [2.05, 4.69) is 37.3 Å². The summed E-state index contributed by atoms with van der Waals surface area (Å²) in [6.07, 6.45) is -0.821. The van der Waals surface area contributed by atoms with Crippen LogP contribution in [0.4, 0.5) is 5.69 Å². The quantitative estimate of drug-likeness (QED) is 0.118. The molecule has 3 fully saturated rings. The zero-order chi connectivity index (χ0) is 48.1. The number of ether oxygens (including phenoxy) is 4. The van der Waals surface area contributed by atoms with Gasteiger partial charge in [-0.3, -0.25) is 24.2 Å². The molecule has 6 heterocycles. The second-order valence-corrected chi connectivity index (χ2v) is 18.5. The summed E-state index contributed by atoms with van der Waals surface area (Å²) in [7, 11) is 0. The molecule has 2 N–H and O–H groups in total. The Balaban J connectivity index is 1.01. The maximum Gasteiger partial charge on any atom is 0.324 e. The molecule has 0 bridgehead atoms. The number of hydrogen-bond donors (Lipinski definition) is 2. The number of nitrogens with one attached hydrogen (secondary N) is 1. The van der Waals surface area contributed by atoms with Crippen molar-refractivity contribution in [2.75, 3.05) is 51.5 Å². The fourth-order valence-electron chi connectivity index (χ4n) is 11.5. The lowest BCUT2D eigenvalue weighted by atomic mass is 9.65. The van der Waals surface area contributed by atoms with E-state index in [-0.39, 0.29) is 32.5 Å². The van der Waals surface area contributed by atoms with Crippen LogP contribution >= 0.6 is 0 Å². The van der Waals surface area contributed by atoms with Crippen molar-refractivity contribution in [3.8, 4) is 29.1 Å². The van der Waals surface area contributed by atoms with E-state index in [9.17, 15) is 5.11 Å². The molecule has 7 aromatic rings. The number of esters is 1. The van der Waals surface area contributed by atoms with Gasteiger partial charge < -0.3 is 34.3 Å². The molecule has 0 saturated carbocycles. The van der Waals surface area contributed by atoms with E-state index in [1.54, 1.807) is 10.7 Å². The van der Waals surface area contributed by atoms with Crippen molar-refractivity contribution in [3.05, 3.63) is 179 Å². The third kappa shape index (κ3) is 7.71. The Bertz CT molecular complexity index is 3240. The van der Waals surface area contributed by atoms with Crippen LogP contribution in [0.15, 0.2) is 146 Å². The standard InChI is InChI=1S/C56H49N7O8/c64-29-30-68-41-17-9-16-40(33-41)52-56(42-31-36(20-22-43(42)57-55(56)67)11-10-24-62-45-19-8-7-18-44(45)58-59-62)48(53(65)61-27-25-60(26-28-61)34-37-21-23-46-47(32-37)70-35-69-46)50-54(66)71-51(39-14-5-2-6-15-39)49(63(50)52)38-12-3-1-4-13-38/h1-9,12-23,31-33,48-52,64H,24-30,34-35H2,(H,57,67)/t48-,49-,50-,51+,52+,56-/m0/s1. The van der Waals surface area contributed by atoms with Gasteiger partial charge in [0, 0.05) is 44.0 Å². The molecule has 0 aliphatic carbocycles. The van der Waals surface area contributed by atoms with Gasteiger partial charge >= 0.3 is 5.97 Å². The van der Waals surface area contributed by atoms with E-state index < -0.39 is 47.4 Å². The highest BCUT2D eigenvalue weighted by atomic mass is 16.7. The molecule has 2 amide bonds. The molecule has 5 aliphatic rings. The second kappa shape index (κ2) is 18.4. The first-order valence-corrected chi connectivity index (χ1v) is 23.9. The molecule has 356 valence electrons. The summed E-state index contributed by atoms with van der Waals surface area (Å²) in [4.78, 5) is 53.7. The largest absolute Gasteiger partial charge is 0.491 e. The van der Waals surface area contributed by atoms with Gasteiger partial charge in [-0.05, 0) is 82.4 Å². The number of para-hydroxylation sites is 1. The van der Waals surface area contributed by atoms with Gasteiger partial charge in [-0.2, -0.15) is 0 Å². The number of hydrogen-bond acceptors (Lipinski definition) is 12. The number of nitrogens with zero attached hydrogens (tertiary/aromatic N) is 6. The van der Waals surface area contributed by atoms with E-state index in [4.69, 9.17) is 18.9 Å². The molecule has 1 spiro atoms. The van der Waals surface area contributed by atoms with Gasteiger partial charge in [-0.1, -0.05) is 108 Å². The highest BCUT2D eigenvalue weighted by Gasteiger charge is 2.74. The highest BCUT2D eigenvalue weighted by Crippen LogP contribution is 2.65. The fourth-order valence-corrected chi connectivity index (χ4v) is 11.5. The van der Waals surface area contributed by atoms with Gasteiger partial charge in [0.15, 0.2) is 11.5 Å². The highest BCUT2D eigenvalue weighted by molar-refractivity contribution is 6.12. The molecule has 6 aromatic carbocycles. The van der Waals surface area contributed by atoms with Crippen molar-refractivity contribution >= 4 is 34.5 Å². The first-order valence-electron chi connectivity index (χ1n) is 23.9. The number of carbonyl (C=O) groups is 3. The Morgan fingerprint density at radius 2 is 1.55 bits per heavy atom. The predicted molar refractivity (Wildman–Crippen MR) is 261 cm³/mol. The molecule has 15 heteroatoms. The van der Waals surface area contributed by atoms with Crippen LogP contribution in [0, 0.1) is 17.8 Å². The van der Waals surface area contributed by atoms with Gasteiger partial charge in [-0.25, -0.2) is 4.68 Å². The maximum atomic E-state index is 16.2. The molecule has 3 saturated heterocycles. The summed E-state index contributed by atoms with van der Waals surface area (Å²) in [5.41, 5.74) is 4.90. The van der Waals surface area contributed by atoms with Crippen LogP contribution in [-0.2, 0) is 37.6 Å². The molecule has 12 rings (SSSR count). The minimum Gasteiger partial charge on any atom is -0.491 e. The summed E-state index contributed by atoms with van der Waals surface area (Å²) < 4.78 is 25.6. The number of amides is 2. The Hall–Kier alpha value is -8.03. The lowest BCUT2D eigenvalue weighted by Crippen LogP contribution is -2.58. The number of fused-ring (bicyclic) bond motifs is 5. The van der Waals surface area contributed by atoms with Gasteiger partial charge in [0.1, 0.15) is 42.0 Å². The number of morpholine rings is 1. The van der Waals surface area contributed by atoms with Gasteiger partial charge in [0.05, 0.1) is 30.1 Å². The molecular formula is C56H49N7O8. The topological polar surface area (TPSA) is 161 Å². The van der Waals surface area contributed by atoms with E-state index in [1.807, 2.05) is 144 Å². The van der Waals surface area contributed by atoms with E-state index in [0.29, 0.717) is 66.6 Å². The molecule has 15 nitrogen and oxygen atoms in total. The zero-order valence-corrected chi connectivity index (χ0v) is 38.6. The maximum absolute atomic E-state index is 16.2. The fraction of sp³-hybridized carbons (Fsp3) is 0.268. The van der Waals surface area contributed by atoms with E-state index in [1.165, 1.54) is 0 Å². The van der Waals surface area contributed by atoms with Crippen molar-refractivity contribution in [3.63, 3.8) is 0 Å².